The highest BCUT2D eigenvalue weighted by molar-refractivity contribution is 9.10. The quantitative estimate of drug-likeness (QED) is 0.500. The van der Waals surface area contributed by atoms with Gasteiger partial charge in [-0.3, -0.25) is 13.9 Å². The largest absolute Gasteiger partial charge is 0.352 e. The van der Waals surface area contributed by atoms with Gasteiger partial charge in [0.15, 0.2) is 0 Å². The third-order valence-corrected chi connectivity index (χ3v) is 6.79. The van der Waals surface area contributed by atoms with Crippen LogP contribution >= 0.6 is 15.9 Å². The summed E-state index contributed by atoms with van der Waals surface area (Å²) >= 11 is 3.43. The molecule has 0 aromatic heterocycles. The van der Waals surface area contributed by atoms with Gasteiger partial charge in [0.05, 0.1) is 11.9 Å². The summed E-state index contributed by atoms with van der Waals surface area (Å²) in [5, 5.41) is 2.83. The summed E-state index contributed by atoms with van der Waals surface area (Å²) in [5.74, 6) is -0.766. The van der Waals surface area contributed by atoms with E-state index in [0.29, 0.717) is 5.69 Å². The number of nitrogens with one attached hydrogen (secondary N) is 1. The van der Waals surface area contributed by atoms with Gasteiger partial charge in [-0.25, -0.2) is 8.42 Å². The van der Waals surface area contributed by atoms with Crippen LogP contribution in [0.15, 0.2) is 53.0 Å². The Morgan fingerprint density at radius 1 is 1.03 bits per heavy atom. The third-order valence-electron chi connectivity index (χ3n) is 5.15. The molecule has 2 rings (SSSR count). The first-order valence-electron chi connectivity index (χ1n) is 10.8. The number of halogens is 1. The summed E-state index contributed by atoms with van der Waals surface area (Å²) in [5.41, 5.74) is 2.29. The van der Waals surface area contributed by atoms with E-state index in [1.165, 1.54) is 4.90 Å². The molecule has 2 aromatic rings. The minimum atomic E-state index is -3.73. The molecule has 0 bridgehead atoms. The molecule has 0 aliphatic carbocycles. The Hall–Kier alpha value is -2.39. The molecule has 0 spiro atoms. The van der Waals surface area contributed by atoms with Gasteiger partial charge in [0.2, 0.25) is 21.8 Å². The molecule has 180 valence electrons. The van der Waals surface area contributed by atoms with Crippen molar-refractivity contribution in [1.82, 2.24) is 10.2 Å². The maximum Gasteiger partial charge on any atom is 0.244 e. The van der Waals surface area contributed by atoms with E-state index in [4.69, 9.17) is 0 Å². The van der Waals surface area contributed by atoms with Gasteiger partial charge < -0.3 is 10.2 Å². The first-order chi connectivity index (χ1) is 15.4. The topological polar surface area (TPSA) is 86.8 Å². The SMILES string of the molecule is CCc1ccc(N(CC(=O)N(Cc2cccc(Br)c2)[C@H](C)C(=O)NC(C)C)S(C)(=O)=O)cc1. The number of benzene rings is 2. The molecule has 2 aromatic carbocycles. The zero-order valence-electron chi connectivity index (χ0n) is 19.7. The Kier molecular flexibility index (Phi) is 9.48. The van der Waals surface area contributed by atoms with Crippen molar-refractivity contribution in [2.45, 2.75) is 52.7 Å². The molecular formula is C24H32BrN3O4S. The second kappa shape index (κ2) is 11.7. The van der Waals surface area contributed by atoms with E-state index in [-0.39, 0.29) is 18.5 Å². The molecule has 0 unspecified atom stereocenters. The lowest BCUT2D eigenvalue weighted by atomic mass is 10.1. The Balaban J connectivity index is 2.38. The van der Waals surface area contributed by atoms with Crippen LogP contribution in [0.3, 0.4) is 0 Å². The number of anilines is 1. The minimum absolute atomic E-state index is 0.0904. The van der Waals surface area contributed by atoms with E-state index >= 15 is 0 Å². The van der Waals surface area contributed by atoms with E-state index in [0.717, 1.165) is 32.6 Å². The van der Waals surface area contributed by atoms with E-state index in [2.05, 4.69) is 21.2 Å². The van der Waals surface area contributed by atoms with Crippen molar-refractivity contribution < 1.29 is 18.0 Å². The summed E-state index contributed by atoms with van der Waals surface area (Å²) in [6.07, 6.45) is 1.89. The fourth-order valence-corrected chi connectivity index (χ4v) is 4.63. The monoisotopic (exact) mass is 537 g/mol. The lowest BCUT2D eigenvalue weighted by Crippen LogP contribution is -2.52. The molecule has 0 heterocycles. The number of carbonyl (C=O) groups excluding carboxylic acids is 2. The Bertz CT molecular complexity index is 1070. The van der Waals surface area contributed by atoms with Gasteiger partial charge in [-0.15, -0.1) is 0 Å². The molecule has 9 heteroatoms. The molecule has 33 heavy (non-hydrogen) atoms. The molecule has 2 amide bonds. The lowest BCUT2D eigenvalue weighted by Gasteiger charge is -2.32. The number of aryl methyl sites for hydroxylation is 1. The molecule has 0 aliphatic rings. The van der Waals surface area contributed by atoms with Gasteiger partial charge >= 0.3 is 0 Å². The second-order valence-corrected chi connectivity index (χ2v) is 11.1. The van der Waals surface area contributed by atoms with Gasteiger partial charge in [-0.1, -0.05) is 47.1 Å². The highest BCUT2D eigenvalue weighted by atomic mass is 79.9. The maximum absolute atomic E-state index is 13.4. The summed E-state index contributed by atoms with van der Waals surface area (Å²) in [6, 6.07) is 13.6. The average molecular weight is 539 g/mol. The first kappa shape index (κ1) is 26.9. The van der Waals surface area contributed by atoms with Crippen LogP contribution < -0.4 is 9.62 Å². The van der Waals surface area contributed by atoms with Gasteiger partial charge in [-0.2, -0.15) is 0 Å². The summed E-state index contributed by atoms with van der Waals surface area (Å²) in [4.78, 5) is 27.6. The van der Waals surface area contributed by atoms with Crippen molar-refractivity contribution in [1.29, 1.82) is 0 Å². The number of amides is 2. The summed E-state index contributed by atoms with van der Waals surface area (Å²) < 4.78 is 27.1. The van der Waals surface area contributed by atoms with Crippen molar-refractivity contribution in [2.75, 3.05) is 17.1 Å². The van der Waals surface area contributed by atoms with Gasteiger partial charge in [0.25, 0.3) is 0 Å². The number of hydrogen-bond acceptors (Lipinski definition) is 4. The van der Waals surface area contributed by atoms with Crippen LogP contribution in [-0.4, -0.2) is 50.0 Å². The summed E-state index contributed by atoms with van der Waals surface area (Å²) in [6.45, 7) is 7.10. The zero-order chi connectivity index (χ0) is 24.8. The average Bonchev–Trinajstić information content (AvgIpc) is 2.74. The fraction of sp³-hybridized carbons (Fsp3) is 0.417. The Morgan fingerprint density at radius 2 is 1.67 bits per heavy atom. The predicted octanol–water partition coefficient (Wildman–Crippen LogP) is 3.72. The Morgan fingerprint density at radius 3 is 2.18 bits per heavy atom. The van der Waals surface area contributed by atoms with Crippen LogP contribution in [0, 0.1) is 0 Å². The minimum Gasteiger partial charge on any atom is -0.352 e. The highest BCUT2D eigenvalue weighted by Crippen LogP contribution is 2.21. The number of rotatable bonds is 10. The van der Waals surface area contributed by atoms with Crippen LogP contribution in [0.2, 0.25) is 0 Å². The maximum atomic E-state index is 13.4. The zero-order valence-corrected chi connectivity index (χ0v) is 22.1. The van der Waals surface area contributed by atoms with Crippen LogP contribution in [0.5, 0.6) is 0 Å². The summed E-state index contributed by atoms with van der Waals surface area (Å²) in [7, 11) is -3.73. The van der Waals surface area contributed by atoms with Crippen LogP contribution in [-0.2, 0) is 32.6 Å². The number of hydrogen-bond donors (Lipinski definition) is 1. The van der Waals surface area contributed by atoms with E-state index in [1.54, 1.807) is 19.1 Å². The molecule has 0 radical (unpaired) electrons. The molecule has 1 N–H and O–H groups in total. The van der Waals surface area contributed by atoms with Crippen molar-refractivity contribution >= 4 is 43.5 Å². The predicted molar refractivity (Wildman–Crippen MR) is 135 cm³/mol. The number of carbonyl (C=O) groups is 2. The van der Waals surface area contributed by atoms with Crippen molar-refractivity contribution in [3.05, 3.63) is 64.1 Å². The number of sulfonamides is 1. The number of nitrogens with zero attached hydrogens (tertiary/aromatic N) is 2. The molecule has 0 saturated heterocycles. The van der Waals surface area contributed by atoms with Crippen molar-refractivity contribution in [3.8, 4) is 0 Å². The highest BCUT2D eigenvalue weighted by Gasteiger charge is 2.30. The van der Waals surface area contributed by atoms with Crippen LogP contribution in [0.25, 0.3) is 0 Å². The van der Waals surface area contributed by atoms with E-state index in [1.807, 2.05) is 57.2 Å². The first-order valence-corrected chi connectivity index (χ1v) is 13.5. The normalized spacial score (nSPS) is 12.3. The van der Waals surface area contributed by atoms with Gasteiger partial charge in [0.1, 0.15) is 12.6 Å². The molecule has 0 aliphatic heterocycles. The lowest BCUT2D eigenvalue weighted by molar-refractivity contribution is -0.139. The van der Waals surface area contributed by atoms with Gasteiger partial charge in [0, 0.05) is 17.1 Å². The molecule has 0 fully saturated rings. The Labute approximate surface area is 205 Å². The molecule has 0 saturated carbocycles. The van der Waals surface area contributed by atoms with Crippen molar-refractivity contribution in [2.24, 2.45) is 0 Å². The molecular weight excluding hydrogens is 506 g/mol. The smallest absolute Gasteiger partial charge is 0.244 e. The fourth-order valence-electron chi connectivity index (χ4n) is 3.33. The molecule has 1 atom stereocenters. The van der Waals surface area contributed by atoms with E-state index in [9.17, 15) is 18.0 Å². The van der Waals surface area contributed by atoms with Gasteiger partial charge in [-0.05, 0) is 62.6 Å². The van der Waals surface area contributed by atoms with Crippen molar-refractivity contribution in [3.63, 3.8) is 0 Å². The third kappa shape index (κ3) is 7.85. The second-order valence-electron chi connectivity index (χ2n) is 8.28. The standard InChI is InChI=1S/C24H32BrN3O4S/c1-6-19-10-12-22(13-11-19)28(33(5,31)32)16-23(29)27(18(4)24(30)26-17(2)3)15-20-8-7-9-21(25)14-20/h7-14,17-18H,6,15-16H2,1-5H3,(H,26,30)/t18-/m1/s1. The molecule has 7 nitrogen and oxygen atoms in total. The van der Waals surface area contributed by atoms with E-state index < -0.39 is 28.5 Å². The van der Waals surface area contributed by atoms with Crippen LogP contribution in [0.1, 0.15) is 38.8 Å². The van der Waals surface area contributed by atoms with Crippen LogP contribution in [0.4, 0.5) is 5.69 Å².